The summed E-state index contributed by atoms with van der Waals surface area (Å²) in [5, 5.41) is 10.1. The van der Waals surface area contributed by atoms with Crippen LogP contribution in [-0.2, 0) is 11.3 Å². The number of hydrogen-bond acceptors (Lipinski definition) is 6. The number of amides is 1. The Morgan fingerprint density at radius 2 is 1.96 bits per heavy atom. The SMILES string of the molecule is Cc1nc(SCC(=O)N2CCN(Cc3cccnc3)CC2)c(C#N)c(C)c1C. The third-order valence-corrected chi connectivity index (χ3v) is 6.22. The van der Waals surface area contributed by atoms with Crippen LogP contribution in [0.1, 0.15) is 27.9 Å². The maximum atomic E-state index is 12.6. The van der Waals surface area contributed by atoms with E-state index in [0.717, 1.165) is 49.5 Å². The molecule has 0 spiro atoms. The van der Waals surface area contributed by atoms with E-state index in [4.69, 9.17) is 0 Å². The van der Waals surface area contributed by atoms with Gasteiger partial charge in [-0.15, -0.1) is 0 Å². The number of nitrogens with zero attached hydrogens (tertiary/aromatic N) is 5. The zero-order valence-electron chi connectivity index (χ0n) is 16.6. The molecule has 146 valence electrons. The lowest BCUT2D eigenvalue weighted by atomic mass is 10.1. The lowest BCUT2D eigenvalue weighted by Gasteiger charge is -2.34. The van der Waals surface area contributed by atoms with Gasteiger partial charge in [0.05, 0.1) is 11.3 Å². The van der Waals surface area contributed by atoms with Crippen molar-refractivity contribution >= 4 is 17.7 Å². The number of carbonyl (C=O) groups excluding carboxylic acids is 1. The zero-order chi connectivity index (χ0) is 20.1. The molecule has 2 aromatic rings. The number of thioether (sulfide) groups is 1. The summed E-state index contributed by atoms with van der Waals surface area (Å²) in [6.45, 7) is 9.89. The number of aryl methyl sites for hydroxylation is 1. The highest BCUT2D eigenvalue weighted by Crippen LogP contribution is 2.26. The second kappa shape index (κ2) is 9.18. The maximum absolute atomic E-state index is 12.6. The van der Waals surface area contributed by atoms with Gasteiger partial charge in [-0.3, -0.25) is 14.7 Å². The molecule has 28 heavy (non-hydrogen) atoms. The van der Waals surface area contributed by atoms with E-state index in [2.05, 4.69) is 27.0 Å². The van der Waals surface area contributed by atoms with Crippen molar-refractivity contribution in [3.05, 3.63) is 52.5 Å². The zero-order valence-corrected chi connectivity index (χ0v) is 17.4. The van der Waals surface area contributed by atoms with Gasteiger partial charge in [0.2, 0.25) is 5.91 Å². The van der Waals surface area contributed by atoms with Crippen LogP contribution < -0.4 is 0 Å². The van der Waals surface area contributed by atoms with Crippen molar-refractivity contribution in [2.75, 3.05) is 31.9 Å². The van der Waals surface area contributed by atoms with Crippen LogP contribution in [0.4, 0.5) is 0 Å². The molecule has 0 N–H and O–H groups in total. The number of pyridine rings is 2. The van der Waals surface area contributed by atoms with Crippen LogP contribution in [0, 0.1) is 32.1 Å². The highest BCUT2D eigenvalue weighted by atomic mass is 32.2. The first-order valence-corrected chi connectivity index (χ1v) is 10.4. The van der Waals surface area contributed by atoms with Gasteiger partial charge in [0, 0.05) is 50.8 Å². The van der Waals surface area contributed by atoms with Crippen LogP contribution in [-0.4, -0.2) is 57.6 Å². The van der Waals surface area contributed by atoms with Gasteiger partial charge < -0.3 is 4.90 Å². The Balaban J connectivity index is 1.54. The molecule has 3 heterocycles. The molecule has 3 rings (SSSR count). The van der Waals surface area contributed by atoms with Crippen LogP contribution >= 0.6 is 11.8 Å². The van der Waals surface area contributed by atoms with Crippen LogP contribution in [0.5, 0.6) is 0 Å². The molecule has 1 saturated heterocycles. The minimum absolute atomic E-state index is 0.104. The smallest absolute Gasteiger partial charge is 0.233 e. The maximum Gasteiger partial charge on any atom is 0.233 e. The average Bonchev–Trinajstić information content (AvgIpc) is 2.71. The molecule has 0 atom stereocenters. The lowest BCUT2D eigenvalue weighted by Crippen LogP contribution is -2.48. The summed E-state index contributed by atoms with van der Waals surface area (Å²) in [5.74, 6) is 0.416. The monoisotopic (exact) mass is 395 g/mol. The number of rotatable bonds is 5. The number of piperazine rings is 1. The number of nitriles is 1. The molecule has 6 nitrogen and oxygen atoms in total. The number of hydrogen-bond donors (Lipinski definition) is 0. The molecule has 1 aliphatic heterocycles. The summed E-state index contributed by atoms with van der Waals surface area (Å²) in [5.41, 5.74) is 4.68. The van der Waals surface area contributed by atoms with Gasteiger partial charge in [-0.05, 0) is 43.5 Å². The minimum Gasteiger partial charge on any atom is -0.339 e. The van der Waals surface area contributed by atoms with Crippen LogP contribution in [0.15, 0.2) is 29.6 Å². The van der Waals surface area contributed by atoms with Crippen LogP contribution in [0.3, 0.4) is 0 Å². The molecular weight excluding hydrogens is 370 g/mol. The van der Waals surface area contributed by atoms with Crippen molar-refractivity contribution in [2.24, 2.45) is 0 Å². The quantitative estimate of drug-likeness (QED) is 0.725. The Morgan fingerprint density at radius 3 is 2.61 bits per heavy atom. The summed E-state index contributed by atoms with van der Waals surface area (Å²) < 4.78 is 0. The molecule has 0 radical (unpaired) electrons. The predicted molar refractivity (Wildman–Crippen MR) is 110 cm³/mol. The van der Waals surface area contributed by atoms with Crippen molar-refractivity contribution in [1.82, 2.24) is 19.8 Å². The Kier molecular flexibility index (Phi) is 6.65. The topological polar surface area (TPSA) is 73.1 Å². The highest BCUT2D eigenvalue weighted by Gasteiger charge is 2.22. The van der Waals surface area contributed by atoms with Gasteiger partial charge in [-0.2, -0.15) is 5.26 Å². The largest absolute Gasteiger partial charge is 0.339 e. The first-order chi connectivity index (χ1) is 13.5. The Hall–Kier alpha value is -2.43. The molecule has 2 aromatic heterocycles. The lowest BCUT2D eigenvalue weighted by molar-refractivity contribution is -0.130. The number of aromatic nitrogens is 2. The molecule has 1 aliphatic rings. The van der Waals surface area contributed by atoms with Crippen molar-refractivity contribution in [3.8, 4) is 6.07 Å². The molecule has 0 aromatic carbocycles. The van der Waals surface area contributed by atoms with Gasteiger partial charge in [0.25, 0.3) is 0 Å². The van der Waals surface area contributed by atoms with Crippen molar-refractivity contribution in [3.63, 3.8) is 0 Å². The van der Waals surface area contributed by atoms with Gasteiger partial charge in [0.1, 0.15) is 11.1 Å². The molecule has 0 bridgehead atoms. The first kappa shape index (κ1) is 20.3. The van der Waals surface area contributed by atoms with Gasteiger partial charge >= 0.3 is 0 Å². The molecular formula is C21H25N5OS. The highest BCUT2D eigenvalue weighted by molar-refractivity contribution is 8.00. The van der Waals surface area contributed by atoms with E-state index in [1.54, 1.807) is 6.20 Å². The summed E-state index contributed by atoms with van der Waals surface area (Å²) in [6.07, 6.45) is 3.67. The fraction of sp³-hybridized carbons (Fsp3) is 0.429. The third kappa shape index (κ3) is 4.70. The van der Waals surface area contributed by atoms with Crippen molar-refractivity contribution < 1.29 is 4.79 Å². The molecule has 7 heteroatoms. The fourth-order valence-electron chi connectivity index (χ4n) is 3.27. The van der Waals surface area contributed by atoms with Gasteiger partial charge in [0.15, 0.2) is 0 Å². The van der Waals surface area contributed by atoms with E-state index in [1.807, 2.05) is 37.9 Å². The first-order valence-electron chi connectivity index (χ1n) is 9.39. The van der Waals surface area contributed by atoms with Crippen molar-refractivity contribution in [1.29, 1.82) is 5.26 Å². The standard InChI is InChI=1S/C21H25N5OS/c1-15-16(2)19(11-22)21(24-17(15)3)28-14-20(27)26-9-7-25(8-10-26)13-18-5-4-6-23-12-18/h4-6,12H,7-10,13-14H2,1-3H3. The molecule has 1 amide bonds. The summed E-state index contributed by atoms with van der Waals surface area (Å²) in [6, 6.07) is 6.27. The second-order valence-electron chi connectivity index (χ2n) is 7.05. The van der Waals surface area contributed by atoms with Gasteiger partial charge in [-0.25, -0.2) is 4.98 Å². The fourth-order valence-corrected chi connectivity index (χ4v) is 4.26. The molecule has 0 aliphatic carbocycles. The van der Waals surface area contributed by atoms with E-state index >= 15 is 0 Å². The normalized spacial score (nSPS) is 14.7. The Bertz CT molecular complexity index is 886. The van der Waals surface area contributed by atoms with Crippen molar-refractivity contribution in [2.45, 2.75) is 32.3 Å². The summed E-state index contributed by atoms with van der Waals surface area (Å²) >= 11 is 1.37. The Labute approximate surface area is 170 Å². The van der Waals surface area contributed by atoms with E-state index in [1.165, 1.54) is 17.3 Å². The van der Waals surface area contributed by atoms with E-state index in [9.17, 15) is 10.1 Å². The van der Waals surface area contributed by atoms with E-state index < -0.39 is 0 Å². The molecule has 0 unspecified atom stereocenters. The predicted octanol–water partition coefficient (Wildman–Crippen LogP) is 2.71. The molecule has 0 saturated carbocycles. The third-order valence-electron chi connectivity index (χ3n) is 5.26. The van der Waals surface area contributed by atoms with E-state index in [0.29, 0.717) is 16.3 Å². The van der Waals surface area contributed by atoms with Crippen LogP contribution in [0.2, 0.25) is 0 Å². The second-order valence-corrected chi connectivity index (χ2v) is 8.01. The minimum atomic E-state index is 0.104. The van der Waals surface area contributed by atoms with Gasteiger partial charge in [-0.1, -0.05) is 17.8 Å². The Morgan fingerprint density at radius 1 is 1.21 bits per heavy atom. The summed E-state index contributed by atoms with van der Waals surface area (Å²) in [4.78, 5) is 25.6. The summed E-state index contributed by atoms with van der Waals surface area (Å²) in [7, 11) is 0. The van der Waals surface area contributed by atoms with E-state index in [-0.39, 0.29) is 5.91 Å². The molecule has 1 fully saturated rings. The van der Waals surface area contributed by atoms with Crippen LogP contribution in [0.25, 0.3) is 0 Å². The number of carbonyl (C=O) groups is 1. The average molecular weight is 396 g/mol.